The fourth-order valence-electron chi connectivity index (χ4n) is 7.20. The lowest BCUT2D eigenvalue weighted by molar-refractivity contribution is 0.128. The molecule has 3 saturated heterocycles. The Labute approximate surface area is 148 Å². The van der Waals surface area contributed by atoms with Crippen LogP contribution in [0.5, 0.6) is 0 Å². The molecule has 5 rings (SSSR count). The van der Waals surface area contributed by atoms with E-state index in [-0.39, 0.29) is 0 Å². The number of hydrogen-bond acceptors (Lipinski definition) is 3. The Morgan fingerprint density at radius 2 is 1.08 bits per heavy atom. The van der Waals surface area contributed by atoms with E-state index in [4.69, 9.17) is 0 Å². The Kier molecular flexibility index (Phi) is 4.18. The molecule has 4 atom stereocenters. The summed E-state index contributed by atoms with van der Waals surface area (Å²) in [5.74, 6) is 5.16. The third-order valence-electron chi connectivity index (χ3n) is 8.49. The molecule has 5 aliphatic rings. The van der Waals surface area contributed by atoms with Crippen molar-refractivity contribution in [3.8, 4) is 0 Å². The highest BCUT2D eigenvalue weighted by Gasteiger charge is 2.47. The molecule has 0 aromatic rings. The second-order valence-corrected chi connectivity index (χ2v) is 10.2. The van der Waals surface area contributed by atoms with E-state index in [9.17, 15) is 0 Å². The zero-order valence-corrected chi connectivity index (χ0v) is 15.9. The normalized spacial score (nSPS) is 48.2. The Hall–Kier alpha value is -0.120. The van der Waals surface area contributed by atoms with E-state index in [0.29, 0.717) is 0 Å². The van der Waals surface area contributed by atoms with Gasteiger partial charge in [0.1, 0.15) is 0 Å². The lowest BCUT2D eigenvalue weighted by Gasteiger charge is -2.36. The van der Waals surface area contributed by atoms with Crippen LogP contribution in [-0.4, -0.2) is 73.1 Å². The van der Waals surface area contributed by atoms with Gasteiger partial charge in [-0.15, -0.1) is 0 Å². The van der Waals surface area contributed by atoms with Gasteiger partial charge >= 0.3 is 0 Å². The first-order valence-electron chi connectivity index (χ1n) is 10.8. The second-order valence-electron chi connectivity index (χ2n) is 10.2. The summed E-state index contributed by atoms with van der Waals surface area (Å²) in [5.41, 5.74) is 0. The van der Waals surface area contributed by atoms with Crippen LogP contribution >= 0.6 is 0 Å². The third-order valence-corrected chi connectivity index (χ3v) is 8.49. The molecule has 2 aliphatic carbocycles. The molecular formula is C21H37N3. The van der Waals surface area contributed by atoms with Crippen LogP contribution in [-0.2, 0) is 0 Å². The van der Waals surface area contributed by atoms with Crippen LogP contribution in [0.25, 0.3) is 0 Å². The van der Waals surface area contributed by atoms with Crippen molar-refractivity contribution in [2.45, 2.75) is 57.5 Å². The maximum atomic E-state index is 2.93. The monoisotopic (exact) mass is 331 g/mol. The highest BCUT2D eigenvalue weighted by atomic mass is 15.2. The number of nitrogens with zero attached hydrogens (tertiary/aromatic N) is 3. The summed E-state index contributed by atoms with van der Waals surface area (Å²) >= 11 is 0. The molecule has 3 heterocycles. The van der Waals surface area contributed by atoms with Gasteiger partial charge in [-0.3, -0.25) is 9.80 Å². The summed E-state index contributed by atoms with van der Waals surface area (Å²) in [5, 5.41) is 0. The van der Waals surface area contributed by atoms with Crippen molar-refractivity contribution in [1.29, 1.82) is 0 Å². The van der Waals surface area contributed by atoms with Crippen LogP contribution in [0.1, 0.15) is 45.4 Å². The van der Waals surface area contributed by atoms with E-state index in [1.54, 1.807) is 0 Å². The number of fused-ring (bicyclic) bond motifs is 2. The van der Waals surface area contributed by atoms with Gasteiger partial charge in [-0.1, -0.05) is 6.92 Å². The molecule has 4 unspecified atom stereocenters. The highest BCUT2D eigenvalue weighted by Crippen LogP contribution is 2.46. The van der Waals surface area contributed by atoms with Crippen molar-refractivity contribution in [2.24, 2.45) is 29.6 Å². The SMILES string of the molecule is CC1CC2CN(C3CC4CN(C5CCN(C)CC5)CC4C3)CC2C1. The number of hydrogen-bond donors (Lipinski definition) is 0. The molecule has 0 aromatic heterocycles. The maximum Gasteiger partial charge on any atom is 0.0120 e. The fraction of sp³-hybridized carbons (Fsp3) is 1.00. The van der Waals surface area contributed by atoms with Gasteiger partial charge in [-0.05, 0) is 88.3 Å². The summed E-state index contributed by atoms with van der Waals surface area (Å²) in [7, 11) is 2.28. The minimum atomic E-state index is 0.901. The van der Waals surface area contributed by atoms with E-state index in [1.807, 2.05) is 0 Å². The van der Waals surface area contributed by atoms with E-state index in [0.717, 1.165) is 41.7 Å². The van der Waals surface area contributed by atoms with Crippen molar-refractivity contribution in [3.63, 3.8) is 0 Å². The third kappa shape index (κ3) is 2.85. The van der Waals surface area contributed by atoms with Crippen molar-refractivity contribution < 1.29 is 0 Å². The first-order valence-corrected chi connectivity index (χ1v) is 10.8. The van der Waals surface area contributed by atoms with E-state index < -0.39 is 0 Å². The average molecular weight is 332 g/mol. The largest absolute Gasteiger partial charge is 0.306 e. The predicted molar refractivity (Wildman–Crippen MR) is 99.0 cm³/mol. The smallest absolute Gasteiger partial charge is 0.0120 e. The quantitative estimate of drug-likeness (QED) is 0.770. The van der Waals surface area contributed by atoms with Crippen molar-refractivity contribution in [3.05, 3.63) is 0 Å². The fourth-order valence-corrected chi connectivity index (χ4v) is 7.20. The highest BCUT2D eigenvalue weighted by molar-refractivity contribution is 5.01. The summed E-state index contributed by atoms with van der Waals surface area (Å²) in [4.78, 5) is 8.33. The van der Waals surface area contributed by atoms with E-state index in [2.05, 4.69) is 28.7 Å². The van der Waals surface area contributed by atoms with Crippen molar-refractivity contribution >= 4 is 0 Å². The minimum absolute atomic E-state index is 0.901. The summed E-state index contributed by atoms with van der Waals surface area (Å²) in [6.07, 6.45) is 8.89. The Bertz CT molecular complexity index is 430. The first-order chi connectivity index (χ1) is 11.7. The summed E-state index contributed by atoms with van der Waals surface area (Å²) in [6.45, 7) is 10.8. The molecule has 136 valence electrons. The molecule has 0 N–H and O–H groups in total. The van der Waals surface area contributed by atoms with Crippen molar-refractivity contribution in [2.75, 3.05) is 46.3 Å². The molecule has 0 amide bonds. The lowest BCUT2D eigenvalue weighted by Crippen LogP contribution is -2.43. The molecule has 24 heavy (non-hydrogen) atoms. The standard InChI is InChI=1S/C21H37N3/c1-15-7-16-11-24(12-17(16)8-15)21-9-18-13-23(14-19(18)10-21)20-3-5-22(2)6-4-20/h15-21H,3-14H2,1-2H3. The number of piperidine rings is 1. The average Bonchev–Trinajstić information content (AvgIpc) is 3.25. The number of likely N-dealkylation sites (tertiary alicyclic amines) is 3. The summed E-state index contributed by atoms with van der Waals surface area (Å²) in [6, 6.07) is 1.85. The summed E-state index contributed by atoms with van der Waals surface area (Å²) < 4.78 is 0. The lowest BCUT2D eigenvalue weighted by atomic mass is 10.0. The second kappa shape index (κ2) is 6.25. The van der Waals surface area contributed by atoms with Gasteiger partial charge in [-0.2, -0.15) is 0 Å². The van der Waals surface area contributed by atoms with Gasteiger partial charge in [0, 0.05) is 38.3 Å². The molecule has 5 fully saturated rings. The van der Waals surface area contributed by atoms with Crippen LogP contribution in [0.4, 0.5) is 0 Å². The zero-order valence-electron chi connectivity index (χ0n) is 15.9. The molecule has 0 radical (unpaired) electrons. The topological polar surface area (TPSA) is 9.72 Å². The van der Waals surface area contributed by atoms with Gasteiger partial charge in [0.25, 0.3) is 0 Å². The van der Waals surface area contributed by atoms with Crippen LogP contribution < -0.4 is 0 Å². The van der Waals surface area contributed by atoms with Gasteiger partial charge in [0.05, 0.1) is 0 Å². The molecule has 2 saturated carbocycles. The molecule has 0 spiro atoms. The molecule has 0 bridgehead atoms. The van der Waals surface area contributed by atoms with Crippen molar-refractivity contribution in [1.82, 2.24) is 14.7 Å². The van der Waals surface area contributed by atoms with E-state index >= 15 is 0 Å². The predicted octanol–water partition coefficient (Wildman–Crippen LogP) is 2.77. The first kappa shape index (κ1) is 16.1. The molecular weight excluding hydrogens is 294 g/mol. The van der Waals surface area contributed by atoms with Crippen LogP contribution in [0.3, 0.4) is 0 Å². The molecule has 3 heteroatoms. The van der Waals surface area contributed by atoms with Gasteiger partial charge in [0.15, 0.2) is 0 Å². The van der Waals surface area contributed by atoms with E-state index in [1.165, 1.54) is 77.8 Å². The van der Waals surface area contributed by atoms with Crippen LogP contribution in [0.15, 0.2) is 0 Å². The van der Waals surface area contributed by atoms with Crippen LogP contribution in [0, 0.1) is 29.6 Å². The molecule has 3 nitrogen and oxygen atoms in total. The van der Waals surface area contributed by atoms with Crippen LogP contribution in [0.2, 0.25) is 0 Å². The molecule has 0 aromatic carbocycles. The molecule has 3 aliphatic heterocycles. The Morgan fingerprint density at radius 1 is 0.625 bits per heavy atom. The van der Waals surface area contributed by atoms with Gasteiger partial charge < -0.3 is 4.90 Å². The van der Waals surface area contributed by atoms with Gasteiger partial charge in [0.2, 0.25) is 0 Å². The Balaban J connectivity index is 1.14. The van der Waals surface area contributed by atoms with Gasteiger partial charge in [-0.25, -0.2) is 0 Å². The maximum absolute atomic E-state index is 2.93. The zero-order chi connectivity index (χ0) is 16.3. The number of rotatable bonds is 2. The Morgan fingerprint density at radius 3 is 1.62 bits per heavy atom. The minimum Gasteiger partial charge on any atom is -0.306 e.